The summed E-state index contributed by atoms with van der Waals surface area (Å²) < 4.78 is 5.24. The zero-order valence-corrected chi connectivity index (χ0v) is 12.8. The summed E-state index contributed by atoms with van der Waals surface area (Å²) in [7, 11) is 0. The summed E-state index contributed by atoms with van der Waals surface area (Å²) in [6.45, 7) is 0.471. The minimum absolute atomic E-state index is 0.0732. The Morgan fingerprint density at radius 3 is 2.57 bits per heavy atom. The molecule has 0 saturated carbocycles. The fourth-order valence-electron chi connectivity index (χ4n) is 2.60. The van der Waals surface area contributed by atoms with Gasteiger partial charge in [0.15, 0.2) is 17.1 Å². The Kier molecular flexibility index (Phi) is 4.25. The van der Waals surface area contributed by atoms with Gasteiger partial charge in [-0.25, -0.2) is 4.79 Å². The van der Waals surface area contributed by atoms with E-state index >= 15 is 0 Å². The van der Waals surface area contributed by atoms with Gasteiger partial charge in [0.25, 0.3) is 0 Å². The molecule has 1 aliphatic rings. The van der Waals surface area contributed by atoms with Gasteiger partial charge in [-0.15, -0.1) is 0 Å². The van der Waals surface area contributed by atoms with Gasteiger partial charge in [0.2, 0.25) is 0 Å². The number of β-amino-alcohol motifs (C(OH)–C–C–N with tert-alkyl or cyclic N) is 1. The summed E-state index contributed by atoms with van der Waals surface area (Å²) in [5.74, 6) is -0.898. The van der Waals surface area contributed by atoms with Gasteiger partial charge in [-0.3, -0.25) is 0 Å². The van der Waals surface area contributed by atoms with Gasteiger partial charge in [-0.05, 0) is 30.7 Å². The monoisotopic (exact) mass is 338 g/mol. The van der Waals surface area contributed by atoms with Gasteiger partial charge in [-0.1, -0.05) is 16.8 Å². The Hall–Kier alpha value is -2.09. The van der Waals surface area contributed by atoms with E-state index in [4.69, 9.17) is 16.1 Å². The van der Waals surface area contributed by atoms with Gasteiger partial charge in [0.1, 0.15) is 0 Å². The molecule has 1 aliphatic heterocycles. The lowest BCUT2D eigenvalue weighted by atomic mass is 10.0. The third kappa shape index (κ3) is 3.03. The molecule has 2 atom stereocenters. The van der Waals surface area contributed by atoms with Crippen molar-refractivity contribution in [3.63, 3.8) is 0 Å². The number of carboxylic acids is 1. The van der Waals surface area contributed by atoms with Crippen molar-refractivity contribution >= 4 is 23.4 Å². The highest BCUT2D eigenvalue weighted by molar-refractivity contribution is 6.30. The van der Waals surface area contributed by atoms with E-state index in [-0.39, 0.29) is 23.7 Å². The first kappa shape index (κ1) is 15.8. The highest BCUT2D eigenvalue weighted by atomic mass is 35.5. The molecule has 8 heteroatoms. The van der Waals surface area contributed by atoms with Crippen molar-refractivity contribution < 1.29 is 24.6 Å². The van der Waals surface area contributed by atoms with Crippen molar-refractivity contribution in [1.29, 1.82) is 0 Å². The number of halogens is 1. The van der Waals surface area contributed by atoms with Crippen LogP contribution in [0, 0.1) is 0 Å². The summed E-state index contributed by atoms with van der Waals surface area (Å²) in [5, 5.41) is 33.3. The van der Waals surface area contributed by atoms with Crippen LogP contribution in [0.3, 0.4) is 0 Å². The number of benzene rings is 1. The third-order valence-electron chi connectivity index (χ3n) is 3.84. The average molecular weight is 339 g/mol. The van der Waals surface area contributed by atoms with Crippen LogP contribution in [0.1, 0.15) is 16.8 Å². The molecule has 1 aromatic carbocycles. The number of anilines is 1. The maximum Gasteiger partial charge on any atom is 0.343 e. The molecule has 1 aromatic heterocycles. The Balaban J connectivity index is 1.99. The smallest absolute Gasteiger partial charge is 0.343 e. The first-order valence-corrected chi connectivity index (χ1v) is 7.45. The lowest BCUT2D eigenvalue weighted by molar-refractivity contribution is 0.00771. The fourth-order valence-corrected chi connectivity index (χ4v) is 2.73. The van der Waals surface area contributed by atoms with Crippen LogP contribution < -0.4 is 4.90 Å². The normalized spacial score (nSPS) is 21.4. The molecule has 0 unspecified atom stereocenters. The third-order valence-corrected chi connectivity index (χ3v) is 4.09. The molecular weight excluding hydrogens is 324 g/mol. The minimum Gasteiger partial charge on any atom is -0.477 e. The molecule has 3 rings (SSSR count). The number of carboxylic acid groups (broad SMARTS) is 1. The predicted octanol–water partition coefficient (Wildman–Crippen LogP) is 1.63. The van der Waals surface area contributed by atoms with Crippen LogP contribution in [0.2, 0.25) is 5.02 Å². The van der Waals surface area contributed by atoms with Crippen molar-refractivity contribution in [3.8, 4) is 11.3 Å². The lowest BCUT2D eigenvalue weighted by Gasteiger charge is -2.33. The molecule has 1 fully saturated rings. The van der Waals surface area contributed by atoms with Crippen LogP contribution in [0.25, 0.3) is 11.3 Å². The van der Waals surface area contributed by atoms with Gasteiger partial charge in [-0.2, -0.15) is 0 Å². The number of hydrogen-bond acceptors (Lipinski definition) is 6. The number of aromatic carboxylic acids is 1. The summed E-state index contributed by atoms with van der Waals surface area (Å²) in [6, 6.07) is 6.55. The summed E-state index contributed by atoms with van der Waals surface area (Å²) in [5.41, 5.74) is 0.471. The van der Waals surface area contributed by atoms with E-state index < -0.39 is 18.2 Å². The average Bonchev–Trinajstić information content (AvgIpc) is 2.96. The quantitative estimate of drug-likeness (QED) is 0.780. The molecule has 0 amide bonds. The topological polar surface area (TPSA) is 107 Å². The SMILES string of the molecule is O=C(O)c1c(N2CC[C@H](O)[C@H](O)C2)noc1-c1ccc(Cl)cc1. The fraction of sp³-hybridized carbons (Fsp3) is 0.333. The largest absolute Gasteiger partial charge is 0.477 e. The maximum atomic E-state index is 11.7. The van der Waals surface area contributed by atoms with Crippen molar-refractivity contribution in [2.45, 2.75) is 18.6 Å². The summed E-state index contributed by atoms with van der Waals surface area (Å²) >= 11 is 5.84. The number of carbonyl (C=O) groups is 1. The molecule has 0 aliphatic carbocycles. The van der Waals surface area contributed by atoms with Crippen molar-refractivity contribution in [1.82, 2.24) is 5.16 Å². The van der Waals surface area contributed by atoms with Crippen LogP contribution in [0.4, 0.5) is 5.82 Å². The lowest BCUT2D eigenvalue weighted by Crippen LogP contribution is -2.47. The second kappa shape index (κ2) is 6.19. The molecule has 1 saturated heterocycles. The van der Waals surface area contributed by atoms with Gasteiger partial charge >= 0.3 is 5.97 Å². The summed E-state index contributed by atoms with van der Waals surface area (Å²) in [4.78, 5) is 13.3. The highest BCUT2D eigenvalue weighted by Gasteiger charge is 2.32. The second-order valence-electron chi connectivity index (χ2n) is 5.39. The molecule has 3 N–H and O–H groups in total. The molecule has 0 radical (unpaired) electrons. The standard InChI is InChI=1S/C15H15ClN2O5/c16-9-3-1-8(2-4-9)13-12(15(21)22)14(17-23-13)18-6-5-10(19)11(20)7-18/h1-4,10-11,19-20H,5-7H2,(H,21,22)/t10-,11+/m0/s1. The van der Waals surface area contributed by atoms with Crippen molar-refractivity contribution in [2.24, 2.45) is 0 Å². The van der Waals surface area contributed by atoms with E-state index in [1.54, 1.807) is 29.2 Å². The maximum absolute atomic E-state index is 11.7. The highest BCUT2D eigenvalue weighted by Crippen LogP contribution is 2.33. The second-order valence-corrected chi connectivity index (χ2v) is 5.83. The Bertz CT molecular complexity index is 715. The number of piperidine rings is 1. The molecule has 0 bridgehead atoms. The van der Waals surface area contributed by atoms with E-state index in [2.05, 4.69) is 5.16 Å². The first-order chi connectivity index (χ1) is 11.0. The first-order valence-electron chi connectivity index (χ1n) is 7.07. The van der Waals surface area contributed by atoms with Gasteiger partial charge in [0, 0.05) is 23.7 Å². The minimum atomic E-state index is -1.17. The Labute approximate surface area is 136 Å². The number of aliphatic hydroxyl groups is 2. The van der Waals surface area contributed by atoms with Crippen LogP contribution in [-0.2, 0) is 0 Å². The molecule has 7 nitrogen and oxygen atoms in total. The van der Waals surface area contributed by atoms with Gasteiger partial charge in [0.05, 0.1) is 12.2 Å². The zero-order valence-electron chi connectivity index (χ0n) is 12.0. The number of hydrogen-bond donors (Lipinski definition) is 3. The number of aromatic nitrogens is 1. The predicted molar refractivity (Wildman–Crippen MR) is 82.8 cm³/mol. The van der Waals surface area contributed by atoms with Gasteiger partial charge < -0.3 is 24.7 Å². The van der Waals surface area contributed by atoms with E-state index in [1.807, 2.05) is 0 Å². The van der Waals surface area contributed by atoms with Crippen molar-refractivity contribution in [3.05, 3.63) is 34.9 Å². The molecule has 2 aromatic rings. The van der Waals surface area contributed by atoms with Crippen LogP contribution in [-0.4, -0.2) is 51.7 Å². The molecule has 122 valence electrons. The molecule has 2 heterocycles. The van der Waals surface area contributed by atoms with Crippen LogP contribution >= 0.6 is 11.6 Å². The Morgan fingerprint density at radius 1 is 1.26 bits per heavy atom. The molecular formula is C15H15ClN2O5. The van der Waals surface area contributed by atoms with Crippen LogP contribution in [0.15, 0.2) is 28.8 Å². The van der Waals surface area contributed by atoms with E-state index in [0.717, 1.165) is 0 Å². The number of nitrogens with zero attached hydrogens (tertiary/aromatic N) is 2. The molecule has 0 spiro atoms. The zero-order chi connectivity index (χ0) is 16.6. The number of rotatable bonds is 3. The Morgan fingerprint density at radius 2 is 1.96 bits per heavy atom. The van der Waals surface area contributed by atoms with E-state index in [9.17, 15) is 20.1 Å². The number of aliphatic hydroxyl groups excluding tert-OH is 2. The van der Waals surface area contributed by atoms with E-state index in [1.165, 1.54) is 0 Å². The van der Waals surface area contributed by atoms with Crippen LogP contribution in [0.5, 0.6) is 0 Å². The van der Waals surface area contributed by atoms with Crippen molar-refractivity contribution in [2.75, 3.05) is 18.0 Å². The summed E-state index contributed by atoms with van der Waals surface area (Å²) in [6.07, 6.45) is -1.45. The molecule has 23 heavy (non-hydrogen) atoms. The van der Waals surface area contributed by atoms with E-state index in [0.29, 0.717) is 23.6 Å².